The van der Waals surface area contributed by atoms with Crippen molar-refractivity contribution < 1.29 is 32.4 Å². The molecule has 41 heavy (non-hydrogen) atoms. The van der Waals surface area contributed by atoms with E-state index in [0.717, 1.165) is 42.4 Å². The summed E-state index contributed by atoms with van der Waals surface area (Å²) in [5.74, 6) is 4.29. The molecule has 0 aliphatic rings. The smallest absolute Gasteiger partial charge is 0.434 e. The number of pyridine rings is 1. The van der Waals surface area contributed by atoms with E-state index in [-0.39, 0.29) is 40.2 Å². The molecule has 1 unspecified atom stereocenters. The summed E-state index contributed by atoms with van der Waals surface area (Å²) < 4.78 is 47.8. The maximum atomic E-state index is 14.3. The van der Waals surface area contributed by atoms with Crippen molar-refractivity contribution in [3.63, 3.8) is 0 Å². The van der Waals surface area contributed by atoms with Gasteiger partial charge in [-0.1, -0.05) is 35.0 Å². The molecule has 0 saturated carbocycles. The largest absolute Gasteiger partial charge is 0.439 e. The topological polar surface area (TPSA) is 178 Å². The number of hydrogen-bond donors (Lipinski definition) is 2. The van der Waals surface area contributed by atoms with E-state index < -0.39 is 34.8 Å². The number of nitrogens with zero attached hydrogens (tertiary/aromatic N) is 4. The molecule has 0 fully saturated rings. The van der Waals surface area contributed by atoms with Gasteiger partial charge in [0.1, 0.15) is 11.8 Å². The van der Waals surface area contributed by atoms with Crippen LogP contribution >= 0.6 is 15.9 Å². The Morgan fingerprint density at radius 3 is 2.41 bits per heavy atom. The van der Waals surface area contributed by atoms with Crippen LogP contribution in [0.4, 0.5) is 18.9 Å². The number of hydrazine groups is 1. The normalized spacial score (nSPS) is 13.2. The first kappa shape index (κ1) is 31.0. The van der Waals surface area contributed by atoms with Crippen LogP contribution in [-0.4, -0.2) is 43.8 Å². The summed E-state index contributed by atoms with van der Waals surface area (Å²) in [6.45, 7) is 0.941. The predicted molar refractivity (Wildman–Crippen MR) is 144 cm³/mol. The van der Waals surface area contributed by atoms with Crippen LogP contribution in [-0.2, 0) is 11.3 Å². The van der Waals surface area contributed by atoms with E-state index in [1.807, 2.05) is 6.07 Å². The number of halogens is 4. The first-order chi connectivity index (χ1) is 19.3. The number of alkyl halides is 4. The second-order valence-corrected chi connectivity index (χ2v) is 9.26. The van der Waals surface area contributed by atoms with Crippen molar-refractivity contribution in [2.45, 2.75) is 31.7 Å². The lowest BCUT2D eigenvalue weighted by atomic mass is 9.95. The van der Waals surface area contributed by atoms with E-state index in [1.54, 1.807) is 12.1 Å². The number of carbonyl (C=O) groups excluding carboxylic acids is 2. The molecule has 3 aromatic rings. The van der Waals surface area contributed by atoms with Crippen LogP contribution in [0.1, 0.15) is 45.3 Å². The van der Waals surface area contributed by atoms with E-state index >= 15 is 0 Å². The van der Waals surface area contributed by atoms with Crippen molar-refractivity contribution in [1.82, 2.24) is 9.99 Å². The Kier molecular flexibility index (Phi) is 9.31. The lowest BCUT2D eigenvalue weighted by molar-refractivity contribution is -0.384. The summed E-state index contributed by atoms with van der Waals surface area (Å²) in [5.41, 5.74) is 1.99. The number of Topliss-reactive ketones (excluding diaryl/α,β-unsaturated/α-hetero) is 1. The number of esters is 1. The number of ketones is 1. The lowest BCUT2D eigenvalue weighted by Crippen LogP contribution is -2.53. The minimum absolute atomic E-state index is 0.000406. The number of benzene rings is 2. The third-order valence-corrected chi connectivity index (χ3v) is 6.59. The highest BCUT2D eigenvalue weighted by atomic mass is 79.9. The fraction of sp³-hybridized carbons (Fsp3) is 0.231. The first-order valence-corrected chi connectivity index (χ1v) is 12.8. The molecule has 0 saturated heterocycles. The highest BCUT2D eigenvalue weighted by Gasteiger charge is 2.59. The minimum atomic E-state index is -5.15. The predicted octanol–water partition coefficient (Wildman–Crippen LogP) is 4.64. The molecule has 0 radical (unpaired) electrons. The van der Waals surface area contributed by atoms with Gasteiger partial charge in [-0.2, -0.15) is 18.4 Å². The van der Waals surface area contributed by atoms with Crippen LogP contribution in [0.25, 0.3) is 10.9 Å². The van der Waals surface area contributed by atoms with E-state index in [2.05, 4.69) is 20.9 Å². The Balaban J connectivity index is 1.92. The van der Waals surface area contributed by atoms with Crippen LogP contribution in [0.15, 0.2) is 60.4 Å². The Morgan fingerprint density at radius 2 is 1.88 bits per heavy atom. The lowest BCUT2D eigenvalue weighted by Gasteiger charge is -2.35. The molecular formula is C26H22BrF3N6O5. The van der Waals surface area contributed by atoms with Crippen LogP contribution in [0.2, 0.25) is 0 Å². The summed E-state index contributed by atoms with van der Waals surface area (Å²) in [6.07, 6.45) is -5.17. The Labute approximate surface area is 239 Å². The van der Waals surface area contributed by atoms with Gasteiger partial charge < -0.3 is 15.5 Å². The van der Waals surface area contributed by atoms with Gasteiger partial charge in [0.15, 0.2) is 5.78 Å². The molecule has 15 heteroatoms. The molecule has 0 spiro atoms. The molecule has 1 atom stereocenters. The van der Waals surface area contributed by atoms with Gasteiger partial charge in [0.25, 0.3) is 5.69 Å². The van der Waals surface area contributed by atoms with Crippen molar-refractivity contribution in [3.8, 4) is 6.07 Å². The zero-order chi connectivity index (χ0) is 30.5. The standard InChI is InChI=1S/C26H22BrF3N6O5/c1-2-25(26(28,29)30,41-24(38)16-4-6-18(7-5-16)36(39)40)23(32)14-35(33)13-15-3-8-19-20(22(37)11-27)10-17(12-31)34-21(19)9-15/h3-10,14H,2,11,13,32-33H2,1H3/b23-14-. The van der Waals surface area contributed by atoms with Gasteiger partial charge in [-0.15, -0.1) is 0 Å². The Morgan fingerprint density at radius 1 is 1.22 bits per heavy atom. The number of ether oxygens (including phenoxy) is 1. The van der Waals surface area contributed by atoms with Crippen molar-refractivity contribution >= 4 is 44.3 Å². The minimum Gasteiger partial charge on any atom is -0.439 e. The van der Waals surface area contributed by atoms with Gasteiger partial charge in [0.2, 0.25) is 5.60 Å². The number of non-ortho nitro benzene ring substituents is 1. The van der Waals surface area contributed by atoms with Crippen LogP contribution in [0.5, 0.6) is 0 Å². The molecule has 2 aromatic carbocycles. The van der Waals surface area contributed by atoms with Gasteiger partial charge in [0.05, 0.1) is 33.6 Å². The van der Waals surface area contributed by atoms with Crippen molar-refractivity contribution in [2.75, 3.05) is 5.33 Å². The molecule has 0 bridgehead atoms. The molecule has 4 N–H and O–H groups in total. The number of rotatable bonds is 10. The monoisotopic (exact) mass is 634 g/mol. The number of nitro benzene ring substituents is 1. The number of nitriles is 1. The molecule has 11 nitrogen and oxygen atoms in total. The zero-order valence-electron chi connectivity index (χ0n) is 21.3. The molecular weight excluding hydrogens is 613 g/mol. The SMILES string of the molecule is CCC(OC(=O)c1ccc([N+](=O)[O-])cc1)(/C(N)=C/N(N)Cc1ccc2c(C(=O)CBr)cc(C#N)nc2c1)C(F)(F)F. The molecule has 3 rings (SSSR count). The summed E-state index contributed by atoms with van der Waals surface area (Å²) in [7, 11) is 0. The van der Waals surface area contributed by atoms with Crippen molar-refractivity contribution in [2.24, 2.45) is 11.6 Å². The number of nitrogens with two attached hydrogens (primary N) is 2. The number of hydrogen-bond acceptors (Lipinski definition) is 10. The third-order valence-electron chi connectivity index (χ3n) is 6.08. The molecule has 214 valence electrons. The van der Waals surface area contributed by atoms with E-state index in [4.69, 9.17) is 16.3 Å². The van der Waals surface area contributed by atoms with Gasteiger partial charge in [-0.3, -0.25) is 14.9 Å². The van der Waals surface area contributed by atoms with Crippen molar-refractivity contribution in [3.05, 3.63) is 92.9 Å². The maximum absolute atomic E-state index is 14.3. The molecule has 1 aromatic heterocycles. The maximum Gasteiger partial charge on any atom is 0.434 e. The Hall–Kier alpha value is -4.55. The number of nitro groups is 1. The number of aromatic nitrogens is 1. The fourth-order valence-corrected chi connectivity index (χ4v) is 4.27. The summed E-state index contributed by atoms with van der Waals surface area (Å²) in [4.78, 5) is 39.2. The number of fused-ring (bicyclic) bond motifs is 1. The average molecular weight is 635 g/mol. The zero-order valence-corrected chi connectivity index (χ0v) is 22.9. The molecule has 0 aliphatic heterocycles. The summed E-state index contributed by atoms with van der Waals surface area (Å²) >= 11 is 3.10. The van der Waals surface area contributed by atoms with Crippen LogP contribution in [0.3, 0.4) is 0 Å². The first-order valence-electron chi connectivity index (χ1n) is 11.7. The van der Waals surface area contributed by atoms with Gasteiger partial charge >= 0.3 is 12.1 Å². The summed E-state index contributed by atoms with van der Waals surface area (Å²) in [5, 5.41) is 21.5. The molecule has 0 aliphatic carbocycles. The summed E-state index contributed by atoms with van der Waals surface area (Å²) in [6, 6.07) is 11.8. The van der Waals surface area contributed by atoms with Crippen molar-refractivity contribution in [1.29, 1.82) is 5.26 Å². The molecule has 1 heterocycles. The second-order valence-electron chi connectivity index (χ2n) is 8.70. The van der Waals surface area contributed by atoms with E-state index in [0.29, 0.717) is 16.5 Å². The van der Waals surface area contributed by atoms with Crippen LogP contribution < -0.4 is 11.6 Å². The average Bonchev–Trinajstić information content (AvgIpc) is 2.93. The molecule has 0 amide bonds. The highest BCUT2D eigenvalue weighted by Crippen LogP contribution is 2.41. The van der Waals surface area contributed by atoms with Crippen LogP contribution in [0, 0.1) is 21.4 Å². The van der Waals surface area contributed by atoms with Gasteiger partial charge in [-0.25, -0.2) is 15.6 Å². The van der Waals surface area contributed by atoms with Gasteiger partial charge in [-0.05, 0) is 36.2 Å². The number of carbonyl (C=O) groups is 2. The van der Waals surface area contributed by atoms with E-state index in [1.165, 1.54) is 12.1 Å². The second kappa shape index (κ2) is 12.3. The van der Waals surface area contributed by atoms with E-state index in [9.17, 15) is 38.1 Å². The quantitative estimate of drug-likeness (QED) is 0.0797. The third kappa shape index (κ3) is 6.61. The van der Waals surface area contributed by atoms with Gasteiger partial charge in [0, 0.05) is 29.3 Å². The fourth-order valence-electron chi connectivity index (χ4n) is 3.97. The highest BCUT2D eigenvalue weighted by molar-refractivity contribution is 9.09. The Bertz CT molecular complexity index is 1570.